The molecule has 21 heavy (non-hydrogen) atoms. The van der Waals surface area contributed by atoms with Crippen LogP contribution in [0, 0.1) is 19.8 Å². The molecular weight excluding hydrogens is 300 g/mol. The second-order valence-corrected chi connectivity index (χ2v) is 4.64. The molecule has 2 heterocycles. The van der Waals surface area contributed by atoms with E-state index >= 15 is 0 Å². The first-order valence-corrected chi connectivity index (χ1v) is 6.62. The zero-order valence-electron chi connectivity index (χ0n) is 12.4. The summed E-state index contributed by atoms with van der Waals surface area (Å²) in [5.41, 5.74) is 2.10. The van der Waals surface area contributed by atoms with Gasteiger partial charge in [0.2, 0.25) is 5.95 Å². The summed E-state index contributed by atoms with van der Waals surface area (Å²) in [5, 5.41) is 11.4. The van der Waals surface area contributed by atoms with E-state index in [0.29, 0.717) is 30.2 Å². The van der Waals surface area contributed by atoms with Crippen molar-refractivity contribution in [2.45, 2.75) is 40.4 Å². The van der Waals surface area contributed by atoms with E-state index in [4.69, 9.17) is 0 Å². The van der Waals surface area contributed by atoms with E-state index in [0.717, 1.165) is 5.56 Å². The lowest BCUT2D eigenvalue weighted by atomic mass is 10.2. The Labute approximate surface area is 128 Å². The molecule has 0 unspecified atom stereocenters. The molecule has 0 saturated carbocycles. The molecule has 1 N–H and O–H groups in total. The summed E-state index contributed by atoms with van der Waals surface area (Å²) in [4.78, 5) is 0. The Bertz CT molecular complexity index is 594. The van der Waals surface area contributed by atoms with Crippen LogP contribution in [0.15, 0.2) is 6.20 Å². The minimum absolute atomic E-state index is 0. The fourth-order valence-corrected chi connectivity index (χ4v) is 2.07. The average molecular weight is 320 g/mol. The molecule has 0 fully saturated rings. The summed E-state index contributed by atoms with van der Waals surface area (Å²) in [6.07, 6.45) is 1.76. The first kappa shape index (κ1) is 17.4. The van der Waals surface area contributed by atoms with E-state index in [1.165, 1.54) is 9.36 Å². The van der Waals surface area contributed by atoms with Crippen LogP contribution in [0.1, 0.15) is 23.7 Å². The Morgan fingerprint density at radius 3 is 2.57 bits per heavy atom. The van der Waals surface area contributed by atoms with Gasteiger partial charge in [-0.05, 0) is 20.8 Å². The third-order valence-corrected chi connectivity index (χ3v) is 3.17. The molecule has 0 aliphatic rings. The molecule has 0 aliphatic heterocycles. The predicted octanol–water partition coefficient (Wildman–Crippen LogP) is 2.86. The van der Waals surface area contributed by atoms with Crippen LogP contribution in [-0.4, -0.2) is 26.2 Å². The van der Waals surface area contributed by atoms with Gasteiger partial charge in [-0.25, -0.2) is 9.07 Å². The molecule has 0 amide bonds. The Morgan fingerprint density at radius 2 is 2.00 bits per heavy atom. The van der Waals surface area contributed by atoms with E-state index in [2.05, 4.69) is 15.5 Å². The van der Waals surface area contributed by atoms with Crippen LogP contribution in [0.25, 0.3) is 0 Å². The number of hydrogen-bond acceptors (Lipinski definition) is 3. The minimum atomic E-state index is -0.461. The standard InChI is InChI=1S/C13H19F2N5.ClH/c1-4-20-12(15)11(10(3)17-20)7-16-13-9(2)8-19(18-13)6-5-14;/h8H,4-7H2,1-3H3,(H,16,18);1H. The van der Waals surface area contributed by atoms with Gasteiger partial charge in [0.15, 0.2) is 5.82 Å². The number of aryl methyl sites for hydroxylation is 4. The van der Waals surface area contributed by atoms with Crippen LogP contribution >= 0.6 is 12.4 Å². The Hall–Kier alpha value is -1.63. The van der Waals surface area contributed by atoms with Gasteiger partial charge in [0, 0.05) is 30.4 Å². The molecule has 0 bridgehead atoms. The fraction of sp³-hybridized carbons (Fsp3) is 0.538. The smallest absolute Gasteiger partial charge is 0.216 e. The SMILES string of the molecule is CCn1nc(C)c(CNc2nn(CCF)cc2C)c1F.Cl. The van der Waals surface area contributed by atoms with Crippen molar-refractivity contribution in [1.29, 1.82) is 0 Å². The highest BCUT2D eigenvalue weighted by molar-refractivity contribution is 5.85. The highest BCUT2D eigenvalue weighted by Gasteiger charge is 2.14. The molecule has 0 radical (unpaired) electrons. The number of rotatable bonds is 6. The monoisotopic (exact) mass is 319 g/mol. The zero-order valence-corrected chi connectivity index (χ0v) is 13.2. The molecule has 0 saturated heterocycles. The van der Waals surface area contributed by atoms with Gasteiger partial charge in [0.1, 0.15) is 6.67 Å². The third-order valence-electron chi connectivity index (χ3n) is 3.17. The number of nitrogens with zero attached hydrogens (tertiary/aromatic N) is 4. The van der Waals surface area contributed by atoms with Crippen LogP contribution in [-0.2, 0) is 19.6 Å². The van der Waals surface area contributed by atoms with Crippen molar-refractivity contribution >= 4 is 18.2 Å². The maximum Gasteiger partial charge on any atom is 0.216 e. The maximum atomic E-state index is 14.0. The predicted molar refractivity (Wildman–Crippen MR) is 80.1 cm³/mol. The Balaban J connectivity index is 0.00000220. The van der Waals surface area contributed by atoms with Crippen molar-refractivity contribution in [2.75, 3.05) is 12.0 Å². The quantitative estimate of drug-likeness (QED) is 0.890. The van der Waals surface area contributed by atoms with Crippen LogP contribution in [0.4, 0.5) is 14.6 Å². The van der Waals surface area contributed by atoms with Gasteiger partial charge in [-0.3, -0.25) is 4.68 Å². The summed E-state index contributed by atoms with van der Waals surface area (Å²) in [6, 6.07) is 0. The van der Waals surface area contributed by atoms with Crippen molar-refractivity contribution < 1.29 is 8.78 Å². The van der Waals surface area contributed by atoms with Gasteiger partial charge in [0.25, 0.3) is 0 Å². The normalized spacial score (nSPS) is 10.5. The van der Waals surface area contributed by atoms with Crippen LogP contribution in [0.3, 0.4) is 0 Å². The first-order valence-electron chi connectivity index (χ1n) is 6.62. The second-order valence-electron chi connectivity index (χ2n) is 4.64. The van der Waals surface area contributed by atoms with Gasteiger partial charge in [-0.15, -0.1) is 12.4 Å². The molecule has 2 aromatic heterocycles. The number of alkyl halides is 1. The summed E-state index contributed by atoms with van der Waals surface area (Å²) in [5.74, 6) is 0.319. The van der Waals surface area contributed by atoms with Gasteiger partial charge >= 0.3 is 0 Å². The lowest BCUT2D eigenvalue weighted by molar-refractivity contribution is 0.427. The number of anilines is 1. The highest BCUT2D eigenvalue weighted by Crippen LogP contribution is 2.16. The molecule has 8 heteroatoms. The lowest BCUT2D eigenvalue weighted by Gasteiger charge is -2.04. The summed E-state index contributed by atoms with van der Waals surface area (Å²) >= 11 is 0. The van der Waals surface area contributed by atoms with Crippen LogP contribution in [0.2, 0.25) is 0 Å². The van der Waals surface area contributed by atoms with E-state index < -0.39 is 6.67 Å². The van der Waals surface area contributed by atoms with E-state index in [1.807, 2.05) is 13.8 Å². The van der Waals surface area contributed by atoms with Crippen molar-refractivity contribution in [3.8, 4) is 0 Å². The molecule has 0 atom stereocenters. The van der Waals surface area contributed by atoms with Crippen LogP contribution in [0.5, 0.6) is 0 Å². The molecule has 5 nitrogen and oxygen atoms in total. The molecule has 118 valence electrons. The maximum absolute atomic E-state index is 14.0. The van der Waals surface area contributed by atoms with Crippen molar-refractivity contribution in [3.63, 3.8) is 0 Å². The molecule has 0 aromatic carbocycles. The number of nitrogens with one attached hydrogen (secondary N) is 1. The third kappa shape index (κ3) is 3.72. The first-order chi connectivity index (χ1) is 9.56. The zero-order chi connectivity index (χ0) is 14.7. The van der Waals surface area contributed by atoms with Gasteiger partial charge in [0.05, 0.1) is 12.2 Å². The average Bonchev–Trinajstić information content (AvgIpc) is 2.89. The lowest BCUT2D eigenvalue weighted by Crippen LogP contribution is -2.06. The highest BCUT2D eigenvalue weighted by atomic mass is 35.5. The molecule has 2 aromatic rings. The summed E-state index contributed by atoms with van der Waals surface area (Å²) in [6.45, 7) is 6.07. The number of hydrogen-bond donors (Lipinski definition) is 1. The Kier molecular flexibility index (Phi) is 6.14. The number of aromatic nitrogens is 4. The minimum Gasteiger partial charge on any atom is -0.364 e. The Morgan fingerprint density at radius 1 is 1.29 bits per heavy atom. The van der Waals surface area contributed by atoms with Gasteiger partial charge in [-0.2, -0.15) is 14.6 Å². The van der Waals surface area contributed by atoms with Gasteiger partial charge in [-0.1, -0.05) is 0 Å². The molecule has 0 spiro atoms. The van der Waals surface area contributed by atoms with E-state index in [9.17, 15) is 8.78 Å². The second kappa shape index (κ2) is 7.40. The van der Waals surface area contributed by atoms with Gasteiger partial charge < -0.3 is 5.32 Å². The van der Waals surface area contributed by atoms with Crippen molar-refractivity contribution in [3.05, 3.63) is 29.0 Å². The molecule has 2 rings (SSSR count). The topological polar surface area (TPSA) is 47.7 Å². The number of halogens is 3. The van der Waals surface area contributed by atoms with Crippen molar-refractivity contribution in [2.24, 2.45) is 0 Å². The van der Waals surface area contributed by atoms with Crippen LogP contribution < -0.4 is 5.32 Å². The summed E-state index contributed by atoms with van der Waals surface area (Å²) in [7, 11) is 0. The largest absolute Gasteiger partial charge is 0.364 e. The molecular formula is C13H20ClF2N5. The van der Waals surface area contributed by atoms with E-state index in [1.54, 1.807) is 13.1 Å². The fourth-order valence-electron chi connectivity index (χ4n) is 2.07. The van der Waals surface area contributed by atoms with E-state index in [-0.39, 0.29) is 24.9 Å². The summed E-state index contributed by atoms with van der Waals surface area (Å²) < 4.78 is 29.2. The van der Waals surface area contributed by atoms with Crippen molar-refractivity contribution in [1.82, 2.24) is 19.6 Å². The molecule has 0 aliphatic carbocycles.